The maximum atomic E-state index is 12.8. The van der Waals surface area contributed by atoms with Crippen molar-refractivity contribution in [1.82, 2.24) is 10.2 Å². The summed E-state index contributed by atoms with van der Waals surface area (Å²) < 4.78 is 16.0. The minimum atomic E-state index is -0.188. The highest BCUT2D eigenvalue weighted by Gasteiger charge is 2.25. The van der Waals surface area contributed by atoms with Crippen molar-refractivity contribution < 1.29 is 23.8 Å². The van der Waals surface area contributed by atoms with Gasteiger partial charge in [-0.15, -0.1) is 0 Å². The van der Waals surface area contributed by atoms with Crippen molar-refractivity contribution in [2.75, 3.05) is 39.7 Å². The van der Waals surface area contributed by atoms with E-state index in [1.165, 1.54) is 26.9 Å². The Bertz CT molecular complexity index is 945. The van der Waals surface area contributed by atoms with Gasteiger partial charge in [-0.05, 0) is 36.8 Å². The summed E-state index contributed by atoms with van der Waals surface area (Å²) in [7, 11) is 4.60. The zero-order valence-electron chi connectivity index (χ0n) is 19.8. The van der Waals surface area contributed by atoms with Gasteiger partial charge in [0.2, 0.25) is 11.7 Å². The molecular formula is C25H33N3O5. The van der Waals surface area contributed by atoms with Gasteiger partial charge < -0.3 is 29.7 Å². The molecule has 3 amide bonds. The van der Waals surface area contributed by atoms with E-state index in [0.29, 0.717) is 49.0 Å². The van der Waals surface area contributed by atoms with E-state index < -0.39 is 0 Å². The average Bonchev–Trinajstić information content (AvgIpc) is 2.83. The predicted octanol–water partition coefficient (Wildman–Crippen LogP) is 3.97. The van der Waals surface area contributed by atoms with Gasteiger partial charge in [0.25, 0.3) is 0 Å². The van der Waals surface area contributed by atoms with Crippen molar-refractivity contribution >= 4 is 17.6 Å². The van der Waals surface area contributed by atoms with Crippen LogP contribution in [0, 0.1) is 12.8 Å². The van der Waals surface area contributed by atoms with Gasteiger partial charge in [0.15, 0.2) is 11.5 Å². The highest BCUT2D eigenvalue weighted by molar-refractivity contribution is 5.90. The smallest absolute Gasteiger partial charge is 0.321 e. The van der Waals surface area contributed by atoms with Crippen molar-refractivity contribution in [3.05, 3.63) is 47.5 Å². The van der Waals surface area contributed by atoms with Gasteiger partial charge in [-0.3, -0.25) is 4.79 Å². The molecule has 2 aromatic rings. The van der Waals surface area contributed by atoms with Gasteiger partial charge in [-0.25, -0.2) is 4.79 Å². The van der Waals surface area contributed by atoms with Crippen molar-refractivity contribution in [1.29, 1.82) is 0 Å². The van der Waals surface area contributed by atoms with Crippen molar-refractivity contribution in [3.63, 3.8) is 0 Å². The topological polar surface area (TPSA) is 89.1 Å². The Labute approximate surface area is 195 Å². The van der Waals surface area contributed by atoms with Crippen LogP contribution in [-0.4, -0.2) is 51.3 Å². The number of amides is 3. The second-order valence-electron chi connectivity index (χ2n) is 8.18. The summed E-state index contributed by atoms with van der Waals surface area (Å²) in [4.78, 5) is 26.9. The molecule has 0 spiro atoms. The van der Waals surface area contributed by atoms with Crippen LogP contribution in [0.15, 0.2) is 36.4 Å². The number of aryl methyl sites for hydroxylation is 1. The molecule has 0 unspecified atom stereocenters. The zero-order valence-corrected chi connectivity index (χ0v) is 19.8. The molecule has 0 aliphatic carbocycles. The van der Waals surface area contributed by atoms with Crippen LogP contribution in [0.4, 0.5) is 10.5 Å². The van der Waals surface area contributed by atoms with Crippen LogP contribution < -0.4 is 24.8 Å². The van der Waals surface area contributed by atoms with E-state index in [1.54, 1.807) is 17.0 Å². The molecule has 33 heavy (non-hydrogen) atoms. The number of urea groups is 1. The second kappa shape index (κ2) is 11.4. The normalized spacial score (nSPS) is 13.9. The number of hydrogen-bond donors (Lipinski definition) is 2. The summed E-state index contributed by atoms with van der Waals surface area (Å²) in [5, 5.41) is 5.92. The first-order valence-corrected chi connectivity index (χ1v) is 11.1. The van der Waals surface area contributed by atoms with E-state index in [2.05, 4.69) is 10.6 Å². The summed E-state index contributed by atoms with van der Waals surface area (Å²) in [5.41, 5.74) is 2.86. The third kappa shape index (κ3) is 6.31. The summed E-state index contributed by atoms with van der Waals surface area (Å²) >= 11 is 0. The molecule has 8 nitrogen and oxygen atoms in total. The Kier molecular flexibility index (Phi) is 8.40. The first-order valence-electron chi connectivity index (χ1n) is 11.1. The number of rotatable bonds is 8. The SMILES string of the molecule is COc1cc(NC(=O)N2CCC(CC(=O)NCc3ccccc3C)CC2)cc(OC)c1OC. The fourth-order valence-electron chi connectivity index (χ4n) is 4.03. The van der Waals surface area contributed by atoms with Crippen LogP contribution in [-0.2, 0) is 11.3 Å². The van der Waals surface area contributed by atoms with Crippen LogP contribution in [0.2, 0.25) is 0 Å². The van der Waals surface area contributed by atoms with Crippen LogP contribution in [0.1, 0.15) is 30.4 Å². The standard InChI is InChI=1S/C25H33N3O5/c1-17-7-5-6-8-19(17)16-26-23(29)13-18-9-11-28(12-10-18)25(30)27-20-14-21(31-2)24(33-4)22(15-20)32-3/h5-8,14-15,18H,9-13,16H2,1-4H3,(H,26,29)(H,27,30). The Morgan fingerprint density at radius 2 is 1.64 bits per heavy atom. The van der Waals surface area contributed by atoms with Gasteiger partial charge in [0, 0.05) is 38.2 Å². The first kappa shape index (κ1) is 24.2. The van der Waals surface area contributed by atoms with E-state index in [0.717, 1.165) is 18.4 Å². The molecular weight excluding hydrogens is 422 g/mol. The summed E-state index contributed by atoms with van der Waals surface area (Å²) in [6, 6.07) is 11.3. The number of methoxy groups -OCH3 is 3. The Morgan fingerprint density at radius 1 is 1.00 bits per heavy atom. The van der Waals surface area contributed by atoms with Crippen LogP contribution in [0.5, 0.6) is 17.2 Å². The Balaban J connectivity index is 1.48. The van der Waals surface area contributed by atoms with Gasteiger partial charge in [-0.1, -0.05) is 24.3 Å². The lowest BCUT2D eigenvalue weighted by Gasteiger charge is -2.32. The fourth-order valence-corrected chi connectivity index (χ4v) is 4.03. The van der Waals surface area contributed by atoms with Gasteiger partial charge >= 0.3 is 6.03 Å². The third-order valence-electron chi connectivity index (χ3n) is 6.03. The van der Waals surface area contributed by atoms with E-state index >= 15 is 0 Å². The molecule has 0 aromatic heterocycles. The quantitative estimate of drug-likeness (QED) is 0.629. The molecule has 2 N–H and O–H groups in total. The lowest BCUT2D eigenvalue weighted by molar-refractivity contribution is -0.122. The number of carbonyl (C=O) groups is 2. The third-order valence-corrected chi connectivity index (χ3v) is 6.03. The number of benzene rings is 2. The molecule has 0 saturated carbocycles. The van der Waals surface area contributed by atoms with Gasteiger partial charge in [0.05, 0.1) is 27.0 Å². The lowest BCUT2D eigenvalue weighted by atomic mass is 9.93. The fraction of sp³-hybridized carbons (Fsp3) is 0.440. The van der Waals surface area contributed by atoms with E-state index in [4.69, 9.17) is 14.2 Å². The average molecular weight is 456 g/mol. The van der Waals surface area contributed by atoms with Gasteiger partial charge in [-0.2, -0.15) is 0 Å². The Hall–Kier alpha value is -3.42. The molecule has 1 heterocycles. The highest BCUT2D eigenvalue weighted by atomic mass is 16.5. The number of anilines is 1. The molecule has 1 fully saturated rings. The number of ether oxygens (including phenoxy) is 3. The molecule has 1 aliphatic rings. The predicted molar refractivity (Wildman–Crippen MR) is 127 cm³/mol. The van der Waals surface area contributed by atoms with E-state index in [1.807, 2.05) is 31.2 Å². The monoisotopic (exact) mass is 455 g/mol. The minimum Gasteiger partial charge on any atom is -0.493 e. The molecule has 3 rings (SSSR count). The van der Waals surface area contributed by atoms with Crippen molar-refractivity contribution in [2.45, 2.75) is 32.7 Å². The summed E-state index contributed by atoms with van der Waals surface area (Å²) in [5.74, 6) is 1.75. The van der Waals surface area contributed by atoms with Crippen molar-refractivity contribution in [2.24, 2.45) is 5.92 Å². The maximum absolute atomic E-state index is 12.8. The molecule has 2 aromatic carbocycles. The summed E-state index contributed by atoms with van der Waals surface area (Å²) in [6.45, 7) is 3.79. The molecule has 8 heteroatoms. The molecule has 0 bridgehead atoms. The number of likely N-dealkylation sites (tertiary alicyclic amines) is 1. The molecule has 0 radical (unpaired) electrons. The number of hydrogen-bond acceptors (Lipinski definition) is 5. The number of nitrogens with one attached hydrogen (secondary N) is 2. The lowest BCUT2D eigenvalue weighted by Crippen LogP contribution is -2.41. The highest BCUT2D eigenvalue weighted by Crippen LogP contribution is 2.40. The number of carbonyl (C=O) groups excluding carboxylic acids is 2. The minimum absolute atomic E-state index is 0.0542. The van der Waals surface area contributed by atoms with Crippen molar-refractivity contribution in [3.8, 4) is 17.2 Å². The van der Waals surface area contributed by atoms with E-state index in [-0.39, 0.29) is 17.9 Å². The number of nitrogens with zero attached hydrogens (tertiary/aromatic N) is 1. The van der Waals surface area contributed by atoms with E-state index in [9.17, 15) is 9.59 Å². The number of piperidine rings is 1. The molecule has 1 aliphatic heterocycles. The molecule has 1 saturated heterocycles. The maximum Gasteiger partial charge on any atom is 0.321 e. The molecule has 0 atom stereocenters. The second-order valence-corrected chi connectivity index (χ2v) is 8.18. The van der Waals surface area contributed by atoms with Gasteiger partial charge in [0.1, 0.15) is 0 Å². The molecule has 178 valence electrons. The largest absolute Gasteiger partial charge is 0.493 e. The Morgan fingerprint density at radius 3 is 2.21 bits per heavy atom. The van der Waals surface area contributed by atoms with Crippen LogP contribution in [0.25, 0.3) is 0 Å². The van der Waals surface area contributed by atoms with Crippen LogP contribution in [0.3, 0.4) is 0 Å². The van der Waals surface area contributed by atoms with Crippen LogP contribution >= 0.6 is 0 Å². The summed E-state index contributed by atoms with van der Waals surface area (Å²) in [6.07, 6.45) is 2.06. The first-order chi connectivity index (χ1) is 15.9. The zero-order chi connectivity index (χ0) is 23.8.